The summed E-state index contributed by atoms with van der Waals surface area (Å²) >= 11 is 0. The highest BCUT2D eigenvalue weighted by atomic mass is 19.3. The number of hydrogen-bond donors (Lipinski definition) is 1. The number of fused-ring (bicyclic) bond motifs is 1. The standard InChI is InChI=1S/C23H25F2NO4/c1-4-29-22-11-15(5-10-21(22)30-23(24)25)13-26(2)14-19-18-12-17(28-3)8-6-16(18)7-9-20(19)27/h5-12,23,27H,4,13-14H2,1-3H3. The van der Waals surface area contributed by atoms with Crippen molar-refractivity contribution in [1.82, 2.24) is 4.90 Å². The average Bonchev–Trinajstić information content (AvgIpc) is 2.71. The zero-order chi connectivity index (χ0) is 21.7. The van der Waals surface area contributed by atoms with Gasteiger partial charge in [-0.25, -0.2) is 0 Å². The van der Waals surface area contributed by atoms with Crippen LogP contribution in [0.25, 0.3) is 10.8 Å². The molecule has 3 aromatic rings. The third-order valence-electron chi connectivity index (χ3n) is 4.72. The van der Waals surface area contributed by atoms with Gasteiger partial charge in [0, 0.05) is 18.7 Å². The molecule has 0 aliphatic rings. The van der Waals surface area contributed by atoms with Crippen LogP contribution in [0.1, 0.15) is 18.1 Å². The molecule has 0 aromatic heterocycles. The third-order valence-corrected chi connectivity index (χ3v) is 4.72. The van der Waals surface area contributed by atoms with Gasteiger partial charge in [0.05, 0.1) is 13.7 Å². The second-order valence-corrected chi connectivity index (χ2v) is 6.92. The predicted octanol–water partition coefficient (Wildman–Crippen LogP) is 5.19. The Balaban J connectivity index is 1.82. The zero-order valence-electron chi connectivity index (χ0n) is 17.2. The summed E-state index contributed by atoms with van der Waals surface area (Å²) in [5, 5.41) is 12.4. The second-order valence-electron chi connectivity index (χ2n) is 6.92. The minimum absolute atomic E-state index is 0.0112. The Bertz CT molecular complexity index is 1010. The van der Waals surface area contributed by atoms with Crippen LogP contribution in [0.15, 0.2) is 48.5 Å². The summed E-state index contributed by atoms with van der Waals surface area (Å²) in [4.78, 5) is 2.02. The first-order valence-electron chi connectivity index (χ1n) is 9.59. The first-order chi connectivity index (χ1) is 14.4. The zero-order valence-corrected chi connectivity index (χ0v) is 17.2. The molecule has 0 aliphatic heterocycles. The number of nitrogens with zero attached hydrogens (tertiary/aromatic N) is 1. The fourth-order valence-corrected chi connectivity index (χ4v) is 3.39. The number of benzene rings is 3. The number of alkyl halides is 2. The van der Waals surface area contributed by atoms with Crippen LogP contribution in [0.3, 0.4) is 0 Å². The SMILES string of the molecule is CCOc1cc(CN(C)Cc2c(O)ccc3ccc(OC)cc23)ccc1OC(F)F. The van der Waals surface area contributed by atoms with Crippen LogP contribution in [0.4, 0.5) is 8.78 Å². The lowest BCUT2D eigenvalue weighted by Crippen LogP contribution is -2.17. The summed E-state index contributed by atoms with van der Waals surface area (Å²) in [6.45, 7) is 0.210. The maximum atomic E-state index is 12.6. The number of methoxy groups -OCH3 is 1. The molecule has 0 bridgehead atoms. The molecule has 0 saturated heterocycles. The van der Waals surface area contributed by atoms with E-state index in [1.165, 1.54) is 6.07 Å². The van der Waals surface area contributed by atoms with Gasteiger partial charge in [0.15, 0.2) is 11.5 Å². The molecule has 3 aromatic carbocycles. The number of phenols is 1. The van der Waals surface area contributed by atoms with Crippen LogP contribution in [0.2, 0.25) is 0 Å². The lowest BCUT2D eigenvalue weighted by molar-refractivity contribution is -0.0514. The van der Waals surface area contributed by atoms with Crippen molar-refractivity contribution in [3.05, 3.63) is 59.7 Å². The topological polar surface area (TPSA) is 51.2 Å². The Labute approximate surface area is 174 Å². The van der Waals surface area contributed by atoms with Crippen LogP contribution in [-0.2, 0) is 13.1 Å². The Morgan fingerprint density at radius 3 is 2.47 bits per heavy atom. The molecule has 0 heterocycles. The number of ether oxygens (including phenoxy) is 3. The third kappa shape index (κ3) is 5.10. The Morgan fingerprint density at radius 1 is 1.00 bits per heavy atom. The van der Waals surface area contributed by atoms with Gasteiger partial charge >= 0.3 is 6.61 Å². The van der Waals surface area contributed by atoms with Crippen molar-refractivity contribution in [2.75, 3.05) is 20.8 Å². The molecular weight excluding hydrogens is 392 g/mol. The lowest BCUT2D eigenvalue weighted by Gasteiger charge is -2.20. The fourth-order valence-electron chi connectivity index (χ4n) is 3.39. The fraction of sp³-hybridized carbons (Fsp3) is 0.304. The molecule has 0 fully saturated rings. The molecule has 0 unspecified atom stereocenters. The predicted molar refractivity (Wildman–Crippen MR) is 112 cm³/mol. The molecule has 0 atom stereocenters. The lowest BCUT2D eigenvalue weighted by atomic mass is 10.0. The molecule has 30 heavy (non-hydrogen) atoms. The van der Waals surface area contributed by atoms with Crippen LogP contribution in [0, 0.1) is 0 Å². The summed E-state index contributed by atoms with van der Waals surface area (Å²) in [6.07, 6.45) is 0. The summed E-state index contributed by atoms with van der Waals surface area (Å²) in [5.41, 5.74) is 1.66. The van der Waals surface area contributed by atoms with Gasteiger partial charge in [-0.3, -0.25) is 4.90 Å². The maximum Gasteiger partial charge on any atom is 0.387 e. The van der Waals surface area contributed by atoms with Crippen LogP contribution in [-0.4, -0.2) is 37.4 Å². The molecule has 160 valence electrons. The van der Waals surface area contributed by atoms with Crippen LogP contribution in [0.5, 0.6) is 23.0 Å². The van der Waals surface area contributed by atoms with E-state index in [1.54, 1.807) is 32.2 Å². The molecule has 0 radical (unpaired) electrons. The number of halogens is 2. The van der Waals surface area contributed by atoms with E-state index in [1.807, 2.05) is 36.2 Å². The van der Waals surface area contributed by atoms with E-state index in [4.69, 9.17) is 9.47 Å². The summed E-state index contributed by atoms with van der Waals surface area (Å²) < 4.78 is 40.5. The van der Waals surface area contributed by atoms with Crippen molar-refractivity contribution in [1.29, 1.82) is 0 Å². The first-order valence-corrected chi connectivity index (χ1v) is 9.59. The van der Waals surface area contributed by atoms with Crippen molar-refractivity contribution in [3.8, 4) is 23.0 Å². The molecule has 0 spiro atoms. The molecule has 0 aliphatic carbocycles. The Kier molecular flexibility index (Phi) is 6.95. The maximum absolute atomic E-state index is 12.6. The summed E-state index contributed by atoms with van der Waals surface area (Å²) in [6, 6.07) is 14.2. The molecule has 0 saturated carbocycles. The van der Waals surface area contributed by atoms with Gasteiger partial charge < -0.3 is 19.3 Å². The minimum atomic E-state index is -2.91. The van der Waals surface area contributed by atoms with Crippen molar-refractivity contribution < 1.29 is 28.1 Å². The van der Waals surface area contributed by atoms with Crippen molar-refractivity contribution in [3.63, 3.8) is 0 Å². The molecule has 1 N–H and O–H groups in total. The van der Waals surface area contributed by atoms with E-state index in [-0.39, 0.29) is 17.2 Å². The Hall–Kier alpha value is -3.06. The number of aromatic hydroxyl groups is 1. The van der Waals surface area contributed by atoms with Crippen molar-refractivity contribution >= 4 is 10.8 Å². The molecule has 7 heteroatoms. The normalized spacial score (nSPS) is 11.3. The highest BCUT2D eigenvalue weighted by Crippen LogP contribution is 2.33. The van der Waals surface area contributed by atoms with E-state index in [0.717, 1.165) is 21.9 Å². The molecule has 5 nitrogen and oxygen atoms in total. The largest absolute Gasteiger partial charge is 0.508 e. The second kappa shape index (κ2) is 9.63. The Morgan fingerprint density at radius 2 is 1.77 bits per heavy atom. The van der Waals surface area contributed by atoms with Gasteiger partial charge in [0.25, 0.3) is 0 Å². The molecule has 0 amide bonds. The molecule has 3 rings (SSSR count). The highest BCUT2D eigenvalue weighted by molar-refractivity contribution is 5.88. The smallest absolute Gasteiger partial charge is 0.387 e. The van der Waals surface area contributed by atoms with E-state index in [0.29, 0.717) is 25.4 Å². The monoisotopic (exact) mass is 417 g/mol. The van der Waals surface area contributed by atoms with Crippen molar-refractivity contribution in [2.24, 2.45) is 0 Å². The van der Waals surface area contributed by atoms with Gasteiger partial charge in [-0.1, -0.05) is 18.2 Å². The van der Waals surface area contributed by atoms with Gasteiger partial charge in [0.2, 0.25) is 0 Å². The van der Waals surface area contributed by atoms with E-state index < -0.39 is 6.61 Å². The van der Waals surface area contributed by atoms with Gasteiger partial charge in [-0.15, -0.1) is 0 Å². The van der Waals surface area contributed by atoms with Crippen molar-refractivity contribution in [2.45, 2.75) is 26.6 Å². The molecular formula is C23H25F2NO4. The van der Waals surface area contributed by atoms with E-state index >= 15 is 0 Å². The number of hydrogen-bond acceptors (Lipinski definition) is 5. The van der Waals surface area contributed by atoms with Gasteiger partial charge in [-0.05, 0) is 60.6 Å². The van der Waals surface area contributed by atoms with E-state index in [9.17, 15) is 13.9 Å². The quantitative estimate of drug-likeness (QED) is 0.520. The van der Waals surface area contributed by atoms with Crippen LogP contribution < -0.4 is 14.2 Å². The van der Waals surface area contributed by atoms with Gasteiger partial charge in [-0.2, -0.15) is 8.78 Å². The first kappa shape index (κ1) is 21.6. The highest BCUT2D eigenvalue weighted by Gasteiger charge is 2.14. The number of rotatable bonds is 9. The van der Waals surface area contributed by atoms with Crippen LogP contribution >= 0.6 is 0 Å². The minimum Gasteiger partial charge on any atom is -0.508 e. The average molecular weight is 417 g/mol. The van der Waals surface area contributed by atoms with E-state index in [2.05, 4.69) is 4.74 Å². The summed E-state index contributed by atoms with van der Waals surface area (Å²) in [7, 11) is 3.52. The number of phenolic OH excluding ortho intramolecular Hbond substituents is 1. The summed E-state index contributed by atoms with van der Waals surface area (Å²) in [5.74, 6) is 1.21. The van der Waals surface area contributed by atoms with Gasteiger partial charge in [0.1, 0.15) is 11.5 Å².